The molecule has 0 aliphatic carbocycles. The van der Waals surface area contributed by atoms with Crippen LogP contribution >= 0.6 is 0 Å². The van der Waals surface area contributed by atoms with Gasteiger partial charge in [0, 0.05) is 23.3 Å². The number of aryl methyl sites for hydroxylation is 1. The van der Waals surface area contributed by atoms with Gasteiger partial charge in [0.05, 0.1) is 0 Å². The van der Waals surface area contributed by atoms with Gasteiger partial charge in [0.15, 0.2) is 6.20 Å². The summed E-state index contributed by atoms with van der Waals surface area (Å²) in [5.74, 6) is 6.16. The van der Waals surface area contributed by atoms with E-state index in [4.69, 9.17) is 5.21 Å². The molecule has 1 aromatic heterocycles. The molecule has 2 rings (SSSR count). The van der Waals surface area contributed by atoms with Crippen molar-refractivity contribution in [3.63, 3.8) is 0 Å². The quantitative estimate of drug-likeness (QED) is 0.168. The van der Waals surface area contributed by atoms with Gasteiger partial charge in [-0.3, -0.25) is 0 Å². The van der Waals surface area contributed by atoms with Crippen LogP contribution in [0.2, 0.25) is 0 Å². The van der Waals surface area contributed by atoms with Gasteiger partial charge < -0.3 is 29.2 Å². The van der Waals surface area contributed by atoms with Gasteiger partial charge in [-0.05, 0) is 12.1 Å². The van der Waals surface area contributed by atoms with E-state index in [0.29, 0.717) is 0 Å². The van der Waals surface area contributed by atoms with Crippen molar-refractivity contribution >= 4 is 6.21 Å². The van der Waals surface area contributed by atoms with Crippen LogP contribution in [0.4, 0.5) is 0 Å². The lowest BCUT2D eigenvalue weighted by Crippen LogP contribution is -3.00. The minimum atomic E-state index is 0. The minimum Gasteiger partial charge on any atom is -1.00 e. The van der Waals surface area contributed by atoms with Gasteiger partial charge >= 0.3 is 0 Å². The molecule has 1 heterocycles. The zero-order valence-corrected chi connectivity index (χ0v) is 12.6. The van der Waals surface area contributed by atoms with Crippen LogP contribution in [0, 0.1) is 11.8 Å². The normalized spacial score (nSPS) is 9.53. The fraction of sp³-hybridized carbons (Fsp3) is 0.0667. The molecule has 1 N–H and O–H groups in total. The number of nitrogens with zero attached hydrogens (tertiary/aromatic N) is 2. The highest BCUT2D eigenvalue weighted by Crippen LogP contribution is 1.99. The van der Waals surface area contributed by atoms with Gasteiger partial charge in [0.25, 0.3) is 0 Å². The van der Waals surface area contributed by atoms with E-state index in [0.717, 1.165) is 16.8 Å². The molecule has 3 nitrogen and oxygen atoms in total. The molecule has 4 heteroatoms. The number of hydrogen-bond acceptors (Lipinski definition) is 2. The van der Waals surface area contributed by atoms with E-state index in [-0.39, 0.29) is 24.0 Å². The first kappa shape index (κ1) is 15.2. The Bertz CT molecular complexity index is 628. The highest BCUT2D eigenvalue weighted by atomic mass is 127. The van der Waals surface area contributed by atoms with Crippen LogP contribution in [0.25, 0.3) is 0 Å². The lowest BCUT2D eigenvalue weighted by atomic mass is 10.2. The summed E-state index contributed by atoms with van der Waals surface area (Å²) in [7, 11) is 1.88. The predicted molar refractivity (Wildman–Crippen MR) is 69.4 cm³/mol. The standard InChI is InChI=1S/C15H12N2O.HI/c1-17-10-9-14(11-15(17)12-16-18)8-7-13-5-3-2-4-6-13;/h2-6,9-12H,1H3;1H. The maximum absolute atomic E-state index is 8.56. The van der Waals surface area contributed by atoms with Crippen LogP contribution in [0.1, 0.15) is 16.8 Å². The van der Waals surface area contributed by atoms with E-state index in [1.54, 1.807) is 0 Å². The monoisotopic (exact) mass is 364 g/mol. The molecule has 0 bridgehead atoms. The fourth-order valence-electron chi connectivity index (χ4n) is 1.52. The molecule has 0 aliphatic rings. The molecule has 19 heavy (non-hydrogen) atoms. The van der Waals surface area contributed by atoms with Gasteiger partial charge in [-0.15, -0.1) is 0 Å². The zero-order valence-electron chi connectivity index (χ0n) is 10.4. The van der Waals surface area contributed by atoms with Crippen LogP contribution < -0.4 is 28.5 Å². The molecule has 2 aromatic rings. The molecule has 96 valence electrons. The van der Waals surface area contributed by atoms with Gasteiger partial charge in [-0.2, -0.15) is 0 Å². The van der Waals surface area contributed by atoms with Crippen molar-refractivity contribution in [1.29, 1.82) is 0 Å². The average molecular weight is 364 g/mol. The highest BCUT2D eigenvalue weighted by Gasteiger charge is 2.03. The Balaban J connectivity index is 0.00000180. The van der Waals surface area contributed by atoms with Crippen LogP contribution in [0.3, 0.4) is 0 Å². The molecular formula is C15H13IN2O. The van der Waals surface area contributed by atoms with Crippen molar-refractivity contribution in [2.75, 3.05) is 0 Å². The van der Waals surface area contributed by atoms with E-state index < -0.39 is 0 Å². The molecule has 0 atom stereocenters. The van der Waals surface area contributed by atoms with E-state index in [1.165, 1.54) is 6.21 Å². The molecule has 0 spiro atoms. The van der Waals surface area contributed by atoms with Gasteiger partial charge in [0.2, 0.25) is 5.69 Å². The molecule has 0 fully saturated rings. The van der Waals surface area contributed by atoms with Gasteiger partial charge in [0.1, 0.15) is 13.3 Å². The molecule has 0 amide bonds. The molecule has 0 aliphatic heterocycles. The van der Waals surface area contributed by atoms with Crippen molar-refractivity contribution in [1.82, 2.24) is 0 Å². The predicted octanol–water partition coefficient (Wildman–Crippen LogP) is -1.28. The maximum Gasteiger partial charge on any atom is 0.228 e. The Morgan fingerprint density at radius 3 is 2.47 bits per heavy atom. The number of rotatable bonds is 1. The van der Waals surface area contributed by atoms with Crippen molar-refractivity contribution in [2.24, 2.45) is 12.2 Å². The van der Waals surface area contributed by atoms with Crippen LogP contribution in [-0.2, 0) is 7.05 Å². The third-order valence-corrected chi connectivity index (χ3v) is 2.50. The largest absolute Gasteiger partial charge is 1.00 e. The maximum atomic E-state index is 8.56. The third-order valence-electron chi connectivity index (χ3n) is 2.50. The Labute approximate surface area is 129 Å². The molecule has 0 saturated carbocycles. The highest BCUT2D eigenvalue weighted by molar-refractivity contribution is 5.75. The first-order valence-electron chi connectivity index (χ1n) is 5.54. The zero-order chi connectivity index (χ0) is 12.8. The Morgan fingerprint density at radius 1 is 1.11 bits per heavy atom. The van der Waals surface area contributed by atoms with Crippen LogP contribution in [0.15, 0.2) is 53.8 Å². The van der Waals surface area contributed by atoms with E-state index in [9.17, 15) is 0 Å². The second-order valence-electron chi connectivity index (χ2n) is 3.81. The number of aromatic nitrogens is 1. The van der Waals surface area contributed by atoms with E-state index in [2.05, 4.69) is 17.0 Å². The lowest BCUT2D eigenvalue weighted by molar-refractivity contribution is -0.672. The molecule has 0 saturated heterocycles. The summed E-state index contributed by atoms with van der Waals surface area (Å²) in [6, 6.07) is 13.6. The summed E-state index contributed by atoms with van der Waals surface area (Å²) >= 11 is 0. The minimum absolute atomic E-state index is 0. The van der Waals surface area contributed by atoms with Crippen molar-refractivity contribution in [3.05, 3.63) is 65.5 Å². The Hall–Kier alpha value is -1.87. The first-order valence-corrected chi connectivity index (χ1v) is 5.54. The lowest BCUT2D eigenvalue weighted by Gasteiger charge is -1.93. The smallest absolute Gasteiger partial charge is 0.228 e. The summed E-state index contributed by atoms with van der Waals surface area (Å²) < 4.78 is 1.85. The first-order chi connectivity index (χ1) is 8.79. The topological polar surface area (TPSA) is 36.5 Å². The average Bonchev–Trinajstić information content (AvgIpc) is 2.41. The number of hydrogen-bond donors (Lipinski definition) is 1. The molecule has 1 aromatic carbocycles. The summed E-state index contributed by atoms with van der Waals surface area (Å²) in [5, 5.41) is 11.6. The second-order valence-corrected chi connectivity index (χ2v) is 3.81. The van der Waals surface area contributed by atoms with Crippen LogP contribution in [-0.4, -0.2) is 11.4 Å². The third kappa shape index (κ3) is 4.38. The molecular weight excluding hydrogens is 351 g/mol. The SMILES string of the molecule is C[n+]1ccc(C#Cc2ccccc2)cc1C=NO.[I-]. The summed E-state index contributed by atoms with van der Waals surface area (Å²) in [6.45, 7) is 0. The molecule has 0 unspecified atom stereocenters. The van der Waals surface area contributed by atoms with Crippen molar-refractivity contribution in [3.8, 4) is 11.8 Å². The fourth-order valence-corrected chi connectivity index (χ4v) is 1.52. The van der Waals surface area contributed by atoms with Crippen molar-refractivity contribution in [2.45, 2.75) is 0 Å². The second kappa shape index (κ2) is 7.54. The van der Waals surface area contributed by atoms with Gasteiger partial charge in [-0.1, -0.05) is 35.2 Å². The number of halogens is 1. The van der Waals surface area contributed by atoms with Crippen LogP contribution in [0.5, 0.6) is 0 Å². The summed E-state index contributed by atoms with van der Waals surface area (Å²) in [4.78, 5) is 0. The Morgan fingerprint density at radius 2 is 1.79 bits per heavy atom. The molecule has 0 radical (unpaired) electrons. The number of pyridine rings is 1. The van der Waals surface area contributed by atoms with Gasteiger partial charge in [-0.25, -0.2) is 4.57 Å². The number of oxime groups is 1. The van der Waals surface area contributed by atoms with E-state index in [1.807, 2.05) is 60.3 Å². The van der Waals surface area contributed by atoms with E-state index >= 15 is 0 Å². The number of benzene rings is 1. The Kier molecular flexibility index (Phi) is 6.03. The summed E-state index contributed by atoms with van der Waals surface area (Å²) in [6.07, 6.45) is 3.26. The van der Waals surface area contributed by atoms with Crippen molar-refractivity contribution < 1.29 is 33.8 Å². The summed E-state index contributed by atoms with van der Waals surface area (Å²) in [5.41, 5.74) is 2.65.